The number of hydrogen-bond acceptors (Lipinski definition) is 3. The molecule has 0 atom stereocenters. The van der Waals surface area contributed by atoms with E-state index >= 15 is 0 Å². The molecule has 0 saturated heterocycles. The van der Waals surface area contributed by atoms with Crippen LogP contribution in [-0.2, 0) is 14.3 Å². The Morgan fingerprint density at radius 2 is 1.91 bits per heavy atom. The topological polar surface area (TPSA) is 43.4 Å². The van der Waals surface area contributed by atoms with Gasteiger partial charge in [-0.3, -0.25) is 0 Å². The van der Waals surface area contributed by atoms with Crippen LogP contribution in [0.15, 0.2) is 5.57 Å². The van der Waals surface area contributed by atoms with E-state index in [2.05, 4.69) is 4.74 Å². The van der Waals surface area contributed by atoms with Gasteiger partial charge in [0, 0.05) is 0 Å². The molecule has 0 radical (unpaired) electrons. The fraction of sp³-hybridized carbons (Fsp3) is 0.400. The standard InChI is InChI=1S/C5H3F3O3/c1-11-4(10)3(2-9)5(6,7)8/h1H3. The largest absolute Gasteiger partial charge is 0.465 e. The van der Waals surface area contributed by atoms with Crippen molar-refractivity contribution in [1.82, 2.24) is 0 Å². The molecule has 0 spiro atoms. The molecule has 0 aliphatic carbocycles. The van der Waals surface area contributed by atoms with Crippen LogP contribution in [0.2, 0.25) is 0 Å². The highest BCUT2D eigenvalue weighted by Gasteiger charge is 2.41. The van der Waals surface area contributed by atoms with Crippen molar-refractivity contribution in [2.24, 2.45) is 0 Å². The van der Waals surface area contributed by atoms with Crippen LogP contribution in [0.1, 0.15) is 0 Å². The first kappa shape index (κ1) is 9.71. The molecule has 3 nitrogen and oxygen atoms in total. The summed E-state index contributed by atoms with van der Waals surface area (Å²) >= 11 is 0. The van der Waals surface area contributed by atoms with Gasteiger partial charge in [0.2, 0.25) is 5.57 Å². The molecule has 0 heterocycles. The molecular formula is C5H3F3O3. The highest BCUT2D eigenvalue weighted by Crippen LogP contribution is 2.23. The normalized spacial score (nSPS) is 10.2. The van der Waals surface area contributed by atoms with Gasteiger partial charge in [0.1, 0.15) is 5.94 Å². The summed E-state index contributed by atoms with van der Waals surface area (Å²) in [5.74, 6) is -1.27. The zero-order chi connectivity index (χ0) is 9.07. The molecule has 62 valence electrons. The van der Waals surface area contributed by atoms with Gasteiger partial charge in [-0.05, 0) is 0 Å². The number of ether oxygens (including phenoxy) is 1. The summed E-state index contributed by atoms with van der Waals surface area (Å²) in [6.45, 7) is 0. The van der Waals surface area contributed by atoms with Gasteiger partial charge in [0.05, 0.1) is 7.11 Å². The average molecular weight is 168 g/mol. The van der Waals surface area contributed by atoms with E-state index in [0.29, 0.717) is 5.94 Å². The Morgan fingerprint density at radius 3 is 2.00 bits per heavy atom. The summed E-state index contributed by atoms with van der Waals surface area (Å²) in [6.07, 6.45) is -4.99. The molecule has 0 fully saturated rings. The molecule has 0 amide bonds. The van der Waals surface area contributed by atoms with Gasteiger partial charge in [-0.15, -0.1) is 0 Å². The van der Waals surface area contributed by atoms with E-state index in [9.17, 15) is 22.8 Å². The maximum atomic E-state index is 11.6. The summed E-state index contributed by atoms with van der Waals surface area (Å²) in [5.41, 5.74) is -1.96. The van der Waals surface area contributed by atoms with Crippen LogP contribution in [0, 0.1) is 0 Å². The van der Waals surface area contributed by atoms with Gasteiger partial charge in [-0.2, -0.15) is 13.2 Å². The summed E-state index contributed by atoms with van der Waals surface area (Å²) < 4.78 is 38.3. The number of esters is 1. The van der Waals surface area contributed by atoms with E-state index in [-0.39, 0.29) is 0 Å². The quantitative estimate of drug-likeness (QED) is 0.325. The monoisotopic (exact) mass is 168 g/mol. The fourth-order valence-corrected chi connectivity index (χ4v) is 0.317. The van der Waals surface area contributed by atoms with Crippen molar-refractivity contribution >= 4 is 11.9 Å². The van der Waals surface area contributed by atoms with Gasteiger partial charge < -0.3 is 4.74 Å². The van der Waals surface area contributed by atoms with Gasteiger partial charge in [0.25, 0.3) is 0 Å². The molecule has 0 saturated carbocycles. The highest BCUT2D eigenvalue weighted by atomic mass is 19.4. The second-order valence-corrected chi connectivity index (χ2v) is 1.47. The lowest BCUT2D eigenvalue weighted by atomic mass is 10.3. The van der Waals surface area contributed by atoms with E-state index in [1.807, 2.05) is 0 Å². The highest BCUT2D eigenvalue weighted by molar-refractivity contribution is 5.98. The number of carbonyl (C=O) groups is 1. The number of methoxy groups -OCH3 is 1. The Morgan fingerprint density at radius 1 is 1.45 bits per heavy atom. The number of alkyl halides is 3. The lowest BCUT2D eigenvalue weighted by molar-refractivity contribution is -0.147. The number of hydrogen-bond donors (Lipinski definition) is 0. The molecule has 0 aromatic heterocycles. The van der Waals surface area contributed by atoms with Crippen LogP contribution in [-0.4, -0.2) is 25.2 Å². The lowest BCUT2D eigenvalue weighted by Gasteiger charge is -2.03. The van der Waals surface area contributed by atoms with Gasteiger partial charge in [0.15, 0.2) is 0 Å². The Bertz CT molecular complexity index is 212. The van der Waals surface area contributed by atoms with Crippen molar-refractivity contribution < 1.29 is 27.5 Å². The SMILES string of the molecule is COC(=O)C(=C=O)C(F)(F)F. The van der Waals surface area contributed by atoms with Crippen molar-refractivity contribution in [3.63, 3.8) is 0 Å². The first-order valence-electron chi connectivity index (χ1n) is 2.34. The zero-order valence-corrected chi connectivity index (χ0v) is 5.36. The lowest BCUT2D eigenvalue weighted by Crippen LogP contribution is -2.21. The molecular weight excluding hydrogens is 165 g/mol. The third-order valence-electron chi connectivity index (χ3n) is 0.775. The zero-order valence-electron chi connectivity index (χ0n) is 5.36. The molecule has 6 heteroatoms. The van der Waals surface area contributed by atoms with Crippen molar-refractivity contribution in [3.05, 3.63) is 5.57 Å². The van der Waals surface area contributed by atoms with Crippen LogP contribution >= 0.6 is 0 Å². The molecule has 0 aliphatic heterocycles. The average Bonchev–Trinajstić information content (AvgIpc) is 1.86. The van der Waals surface area contributed by atoms with E-state index in [1.165, 1.54) is 0 Å². The second kappa shape index (κ2) is 3.21. The maximum Gasteiger partial charge on any atom is 0.433 e. The van der Waals surface area contributed by atoms with E-state index in [0.717, 1.165) is 7.11 Å². The Balaban J connectivity index is 4.73. The fourth-order valence-electron chi connectivity index (χ4n) is 0.317. The molecule has 0 aliphatic rings. The first-order chi connectivity index (χ1) is 4.93. The van der Waals surface area contributed by atoms with Crippen LogP contribution in [0.3, 0.4) is 0 Å². The van der Waals surface area contributed by atoms with E-state index in [4.69, 9.17) is 0 Å². The third-order valence-corrected chi connectivity index (χ3v) is 0.775. The van der Waals surface area contributed by atoms with Gasteiger partial charge in [-0.25, -0.2) is 9.59 Å². The minimum atomic E-state index is -4.99. The van der Waals surface area contributed by atoms with Gasteiger partial charge in [-0.1, -0.05) is 0 Å². The summed E-state index contributed by atoms with van der Waals surface area (Å²) in [5, 5.41) is 0. The predicted molar refractivity (Wildman–Crippen MR) is 27.3 cm³/mol. The van der Waals surface area contributed by atoms with Crippen LogP contribution in [0.5, 0.6) is 0 Å². The van der Waals surface area contributed by atoms with E-state index < -0.39 is 17.7 Å². The summed E-state index contributed by atoms with van der Waals surface area (Å²) in [4.78, 5) is 19.7. The second-order valence-electron chi connectivity index (χ2n) is 1.47. The molecule has 0 rings (SSSR count). The molecule has 0 N–H and O–H groups in total. The summed E-state index contributed by atoms with van der Waals surface area (Å²) in [6, 6.07) is 0. The molecule has 0 unspecified atom stereocenters. The number of rotatable bonds is 1. The van der Waals surface area contributed by atoms with Crippen LogP contribution in [0.4, 0.5) is 13.2 Å². The van der Waals surface area contributed by atoms with Crippen molar-refractivity contribution in [3.8, 4) is 0 Å². The van der Waals surface area contributed by atoms with E-state index in [1.54, 1.807) is 0 Å². The minimum absolute atomic E-state index is 0.460. The number of halogens is 3. The maximum absolute atomic E-state index is 11.6. The number of carbonyl (C=O) groups excluding carboxylic acids is 2. The van der Waals surface area contributed by atoms with Crippen molar-refractivity contribution in [1.29, 1.82) is 0 Å². The third kappa shape index (κ3) is 2.43. The van der Waals surface area contributed by atoms with Crippen LogP contribution < -0.4 is 0 Å². The first-order valence-corrected chi connectivity index (χ1v) is 2.34. The molecule has 0 aromatic carbocycles. The Kier molecular flexibility index (Phi) is 2.83. The van der Waals surface area contributed by atoms with Crippen molar-refractivity contribution in [2.75, 3.05) is 7.11 Å². The minimum Gasteiger partial charge on any atom is -0.465 e. The van der Waals surface area contributed by atoms with Crippen molar-refractivity contribution in [2.45, 2.75) is 6.18 Å². The molecule has 0 bridgehead atoms. The Hall–Kier alpha value is -1.29. The van der Waals surface area contributed by atoms with Gasteiger partial charge >= 0.3 is 12.1 Å². The van der Waals surface area contributed by atoms with Crippen LogP contribution in [0.25, 0.3) is 0 Å². The Labute approximate surface area is 59.4 Å². The predicted octanol–water partition coefficient (Wildman–Crippen LogP) is 0.480. The molecule has 0 aromatic rings. The smallest absolute Gasteiger partial charge is 0.433 e. The summed E-state index contributed by atoms with van der Waals surface area (Å²) in [7, 11) is 0.741. The molecule has 11 heavy (non-hydrogen) atoms.